The molecule has 0 heterocycles. The Kier molecular flexibility index (Phi) is 6.12. The summed E-state index contributed by atoms with van der Waals surface area (Å²) in [5.41, 5.74) is 2.20. The molecule has 3 aromatic rings. The minimum atomic E-state index is -0.105. The van der Waals surface area contributed by atoms with Gasteiger partial charge in [-0.3, -0.25) is 0 Å². The van der Waals surface area contributed by atoms with Gasteiger partial charge >= 0.3 is 0 Å². The van der Waals surface area contributed by atoms with E-state index < -0.39 is 0 Å². The van der Waals surface area contributed by atoms with Gasteiger partial charge in [0.15, 0.2) is 0 Å². The van der Waals surface area contributed by atoms with Gasteiger partial charge < -0.3 is 9.47 Å². The van der Waals surface area contributed by atoms with Crippen molar-refractivity contribution in [2.75, 3.05) is 0 Å². The van der Waals surface area contributed by atoms with Crippen LogP contribution < -0.4 is 9.47 Å². The Morgan fingerprint density at radius 2 is 1.07 bits per heavy atom. The van der Waals surface area contributed by atoms with Crippen molar-refractivity contribution in [3.05, 3.63) is 72.8 Å². The molecule has 0 amide bonds. The summed E-state index contributed by atoms with van der Waals surface area (Å²) >= 11 is 4.29. The second kappa shape index (κ2) is 8.53. The van der Waals surface area contributed by atoms with Crippen molar-refractivity contribution >= 4 is 12.6 Å². The lowest BCUT2D eigenvalue weighted by molar-refractivity contribution is 0.0803. The Hall–Kier alpha value is -2.39. The molecular weight excluding hydrogens is 352 g/mol. The first-order valence-electron chi connectivity index (χ1n) is 9.38. The second-order valence-electron chi connectivity index (χ2n) is 6.90. The number of hydrogen-bond donors (Lipinski definition) is 1. The molecule has 0 aromatic heterocycles. The first-order chi connectivity index (χ1) is 13.0. The molecular formula is C24H26O2S. The van der Waals surface area contributed by atoms with Crippen LogP contribution in [0.25, 0.3) is 11.1 Å². The van der Waals surface area contributed by atoms with Crippen molar-refractivity contribution in [1.29, 1.82) is 0 Å². The van der Waals surface area contributed by atoms with Gasteiger partial charge in [0.25, 0.3) is 0 Å². The number of benzene rings is 3. The molecule has 3 heteroatoms. The van der Waals surface area contributed by atoms with Gasteiger partial charge in [-0.05, 0) is 79.4 Å². The molecule has 3 aromatic carbocycles. The minimum Gasteiger partial charge on any atom is -0.488 e. The van der Waals surface area contributed by atoms with Crippen molar-refractivity contribution in [3.8, 4) is 28.4 Å². The quantitative estimate of drug-likeness (QED) is 0.432. The topological polar surface area (TPSA) is 18.5 Å². The summed E-state index contributed by atoms with van der Waals surface area (Å²) in [4.78, 5) is 0.920. The molecule has 0 aliphatic rings. The van der Waals surface area contributed by atoms with Crippen LogP contribution in [-0.4, -0.2) is 5.60 Å². The van der Waals surface area contributed by atoms with Crippen LogP contribution in [0.5, 0.6) is 17.2 Å². The van der Waals surface area contributed by atoms with Gasteiger partial charge in [-0.2, -0.15) is 0 Å². The molecule has 0 saturated carbocycles. The molecule has 0 saturated heterocycles. The molecule has 27 heavy (non-hydrogen) atoms. The van der Waals surface area contributed by atoms with Gasteiger partial charge in [0.05, 0.1) is 0 Å². The average molecular weight is 379 g/mol. The summed E-state index contributed by atoms with van der Waals surface area (Å²) in [5.74, 6) is 2.53. The predicted molar refractivity (Wildman–Crippen MR) is 115 cm³/mol. The predicted octanol–water partition coefficient (Wildman–Crippen LogP) is 7.39. The summed E-state index contributed by atoms with van der Waals surface area (Å²) in [7, 11) is 0. The smallest absolute Gasteiger partial charge is 0.127 e. The van der Waals surface area contributed by atoms with Crippen molar-refractivity contribution < 1.29 is 9.47 Å². The maximum Gasteiger partial charge on any atom is 0.127 e. The van der Waals surface area contributed by atoms with E-state index in [9.17, 15) is 0 Å². The van der Waals surface area contributed by atoms with E-state index in [2.05, 4.69) is 57.7 Å². The van der Waals surface area contributed by atoms with Crippen LogP contribution in [0.3, 0.4) is 0 Å². The van der Waals surface area contributed by atoms with Gasteiger partial charge in [-0.25, -0.2) is 0 Å². The zero-order valence-electron chi connectivity index (χ0n) is 16.1. The molecule has 0 unspecified atom stereocenters. The summed E-state index contributed by atoms with van der Waals surface area (Å²) in [5, 5.41) is 0. The number of thiol groups is 1. The zero-order chi connectivity index (χ0) is 19.3. The van der Waals surface area contributed by atoms with Gasteiger partial charge in [-0.15, -0.1) is 12.6 Å². The highest BCUT2D eigenvalue weighted by atomic mass is 32.1. The van der Waals surface area contributed by atoms with Gasteiger partial charge in [-0.1, -0.05) is 38.1 Å². The lowest BCUT2D eigenvalue weighted by atomic mass is 10.00. The van der Waals surface area contributed by atoms with Gasteiger partial charge in [0.1, 0.15) is 22.8 Å². The highest BCUT2D eigenvalue weighted by Crippen LogP contribution is 2.29. The maximum absolute atomic E-state index is 6.16. The van der Waals surface area contributed by atoms with E-state index in [1.807, 2.05) is 48.5 Å². The third kappa shape index (κ3) is 5.08. The molecule has 0 N–H and O–H groups in total. The first kappa shape index (κ1) is 19.4. The second-order valence-corrected chi connectivity index (χ2v) is 7.42. The standard InChI is InChI=1S/C24H26O2S/c1-4-24(3,5-2)26-22-12-8-19(9-13-22)18-6-10-20(11-7-18)25-21-14-16-23(27)17-15-21/h6-17,27H,4-5H2,1-3H3. The Morgan fingerprint density at radius 3 is 1.52 bits per heavy atom. The van der Waals surface area contributed by atoms with Crippen LogP contribution >= 0.6 is 12.6 Å². The first-order valence-corrected chi connectivity index (χ1v) is 9.82. The van der Waals surface area contributed by atoms with Crippen molar-refractivity contribution in [3.63, 3.8) is 0 Å². The van der Waals surface area contributed by atoms with E-state index in [0.29, 0.717) is 0 Å². The molecule has 0 bridgehead atoms. The maximum atomic E-state index is 6.16. The number of rotatable bonds is 7. The van der Waals surface area contributed by atoms with E-state index in [-0.39, 0.29) is 5.60 Å². The highest BCUT2D eigenvalue weighted by molar-refractivity contribution is 7.80. The van der Waals surface area contributed by atoms with E-state index in [4.69, 9.17) is 9.47 Å². The third-order valence-electron chi connectivity index (χ3n) is 4.97. The normalized spacial score (nSPS) is 11.3. The zero-order valence-corrected chi connectivity index (χ0v) is 17.0. The summed E-state index contributed by atoms with van der Waals surface area (Å²) < 4.78 is 12.0. The molecule has 140 valence electrons. The Morgan fingerprint density at radius 1 is 0.667 bits per heavy atom. The van der Waals surface area contributed by atoms with Gasteiger partial charge in [0.2, 0.25) is 0 Å². The molecule has 0 radical (unpaired) electrons. The Labute approximate surface area is 167 Å². The fraction of sp³-hybridized carbons (Fsp3) is 0.250. The third-order valence-corrected chi connectivity index (χ3v) is 5.27. The van der Waals surface area contributed by atoms with E-state index in [1.165, 1.54) is 0 Å². The van der Waals surface area contributed by atoms with Crippen LogP contribution in [0.1, 0.15) is 33.6 Å². The lowest BCUT2D eigenvalue weighted by Crippen LogP contribution is -2.30. The molecule has 0 aliphatic heterocycles. The van der Waals surface area contributed by atoms with Crippen molar-refractivity contribution in [2.45, 2.75) is 44.1 Å². The fourth-order valence-electron chi connectivity index (χ4n) is 2.76. The van der Waals surface area contributed by atoms with Crippen molar-refractivity contribution in [2.24, 2.45) is 0 Å². The molecule has 2 nitrogen and oxygen atoms in total. The van der Waals surface area contributed by atoms with E-state index >= 15 is 0 Å². The summed E-state index contributed by atoms with van der Waals surface area (Å²) in [6.07, 6.45) is 1.98. The highest BCUT2D eigenvalue weighted by Gasteiger charge is 2.21. The number of hydrogen-bond acceptors (Lipinski definition) is 3. The largest absolute Gasteiger partial charge is 0.488 e. The van der Waals surface area contributed by atoms with Crippen LogP contribution in [0.4, 0.5) is 0 Å². The lowest BCUT2D eigenvalue weighted by Gasteiger charge is -2.28. The summed E-state index contributed by atoms with van der Waals surface area (Å²) in [6, 6.07) is 24.1. The monoisotopic (exact) mass is 378 g/mol. The van der Waals surface area contributed by atoms with Crippen LogP contribution in [-0.2, 0) is 0 Å². The number of ether oxygens (including phenoxy) is 2. The molecule has 0 atom stereocenters. The van der Waals surface area contributed by atoms with E-state index in [0.717, 1.165) is 46.1 Å². The van der Waals surface area contributed by atoms with Crippen molar-refractivity contribution in [1.82, 2.24) is 0 Å². The molecule has 0 spiro atoms. The Bertz CT molecular complexity index is 848. The van der Waals surface area contributed by atoms with Crippen LogP contribution in [0, 0.1) is 0 Å². The van der Waals surface area contributed by atoms with Crippen LogP contribution in [0.15, 0.2) is 77.7 Å². The van der Waals surface area contributed by atoms with Crippen LogP contribution in [0.2, 0.25) is 0 Å². The van der Waals surface area contributed by atoms with E-state index in [1.54, 1.807) is 0 Å². The summed E-state index contributed by atoms with van der Waals surface area (Å²) in [6.45, 7) is 6.48. The molecule has 0 fully saturated rings. The van der Waals surface area contributed by atoms with Gasteiger partial charge in [0, 0.05) is 4.90 Å². The fourth-order valence-corrected chi connectivity index (χ4v) is 2.91. The Balaban J connectivity index is 1.68. The minimum absolute atomic E-state index is 0.105. The SMILES string of the molecule is CCC(C)(CC)Oc1ccc(-c2ccc(Oc3ccc(S)cc3)cc2)cc1. The average Bonchev–Trinajstić information content (AvgIpc) is 2.71. The molecule has 0 aliphatic carbocycles. The molecule has 3 rings (SSSR count).